The number of rotatable bonds is 7. The quantitative estimate of drug-likeness (QED) is 0.616. The first-order valence-corrected chi connectivity index (χ1v) is 12.6. The van der Waals surface area contributed by atoms with E-state index in [-0.39, 0.29) is 54.9 Å². The standard InChI is InChI=1S/C28H35N3O5/c1-18(2)27(33)30-20-9-12-24-22(15-20)28(34)31(3)23-11-10-21(36-25(23)17-35-24)16-26(32)29-14-13-19-7-5-4-6-8-19/h4-9,12,15,18,21,23,25H,10-11,13-14,16-17H2,1-3H3,(H,29,32)(H,30,33)/t21-,23-,25+/m0/s1. The molecule has 0 spiro atoms. The van der Waals surface area contributed by atoms with Crippen LogP contribution in [0.15, 0.2) is 48.5 Å². The molecule has 3 atom stereocenters. The fourth-order valence-corrected chi connectivity index (χ4v) is 4.66. The van der Waals surface area contributed by atoms with Gasteiger partial charge in [-0.1, -0.05) is 44.2 Å². The molecular weight excluding hydrogens is 458 g/mol. The molecule has 2 heterocycles. The molecule has 2 N–H and O–H groups in total. The van der Waals surface area contributed by atoms with Crippen LogP contribution in [0.3, 0.4) is 0 Å². The zero-order valence-electron chi connectivity index (χ0n) is 21.2. The van der Waals surface area contributed by atoms with Crippen molar-refractivity contribution in [2.75, 3.05) is 25.5 Å². The second-order valence-electron chi connectivity index (χ2n) is 9.81. The lowest BCUT2D eigenvalue weighted by Gasteiger charge is -2.42. The van der Waals surface area contributed by atoms with Crippen LogP contribution in [-0.4, -0.2) is 61.1 Å². The van der Waals surface area contributed by atoms with Gasteiger partial charge < -0.3 is 25.0 Å². The predicted molar refractivity (Wildman–Crippen MR) is 137 cm³/mol. The zero-order chi connectivity index (χ0) is 25.7. The number of nitrogens with zero attached hydrogens (tertiary/aromatic N) is 1. The topological polar surface area (TPSA) is 97.0 Å². The largest absolute Gasteiger partial charge is 0.490 e. The summed E-state index contributed by atoms with van der Waals surface area (Å²) < 4.78 is 12.3. The second kappa shape index (κ2) is 11.6. The molecule has 2 aliphatic rings. The van der Waals surface area contributed by atoms with Gasteiger partial charge in [0.2, 0.25) is 11.8 Å². The number of anilines is 1. The van der Waals surface area contributed by atoms with Gasteiger partial charge in [0.05, 0.1) is 24.1 Å². The van der Waals surface area contributed by atoms with E-state index in [9.17, 15) is 14.4 Å². The van der Waals surface area contributed by atoms with Gasteiger partial charge in [-0.15, -0.1) is 0 Å². The Bertz CT molecular complexity index is 1090. The average molecular weight is 494 g/mol. The van der Waals surface area contributed by atoms with Gasteiger partial charge in [-0.25, -0.2) is 0 Å². The highest BCUT2D eigenvalue weighted by molar-refractivity contribution is 6.00. The van der Waals surface area contributed by atoms with Gasteiger partial charge in [0.15, 0.2) is 0 Å². The van der Waals surface area contributed by atoms with Crippen LogP contribution in [-0.2, 0) is 20.7 Å². The number of amides is 3. The lowest BCUT2D eigenvalue weighted by atomic mass is 9.94. The molecule has 0 radical (unpaired) electrons. The summed E-state index contributed by atoms with van der Waals surface area (Å²) in [5.74, 6) is -0.0377. The van der Waals surface area contributed by atoms with E-state index in [0.717, 1.165) is 12.8 Å². The molecule has 1 saturated heterocycles. The molecule has 192 valence electrons. The number of fused-ring (bicyclic) bond motifs is 2. The monoisotopic (exact) mass is 493 g/mol. The molecule has 0 aromatic heterocycles. The molecule has 8 nitrogen and oxygen atoms in total. The first-order valence-electron chi connectivity index (χ1n) is 12.6. The van der Waals surface area contributed by atoms with E-state index >= 15 is 0 Å². The molecule has 8 heteroatoms. The van der Waals surface area contributed by atoms with Crippen LogP contribution in [0.4, 0.5) is 5.69 Å². The van der Waals surface area contributed by atoms with Gasteiger partial charge in [0.25, 0.3) is 5.91 Å². The van der Waals surface area contributed by atoms with Crippen LogP contribution >= 0.6 is 0 Å². The Morgan fingerprint density at radius 1 is 1.11 bits per heavy atom. The highest BCUT2D eigenvalue weighted by Gasteiger charge is 2.39. The molecule has 1 fully saturated rings. The molecule has 2 aromatic carbocycles. The van der Waals surface area contributed by atoms with Crippen LogP contribution in [0.2, 0.25) is 0 Å². The number of ether oxygens (including phenoxy) is 2. The molecule has 4 rings (SSSR count). The van der Waals surface area contributed by atoms with Crippen LogP contribution in [0.25, 0.3) is 0 Å². The van der Waals surface area contributed by atoms with E-state index in [1.807, 2.05) is 44.2 Å². The molecule has 0 unspecified atom stereocenters. The van der Waals surface area contributed by atoms with Crippen molar-refractivity contribution in [2.45, 2.75) is 57.8 Å². The smallest absolute Gasteiger partial charge is 0.257 e. The number of hydrogen-bond acceptors (Lipinski definition) is 5. The Kier molecular flexibility index (Phi) is 8.25. The Morgan fingerprint density at radius 3 is 2.64 bits per heavy atom. The van der Waals surface area contributed by atoms with Gasteiger partial charge in [-0.05, 0) is 43.0 Å². The summed E-state index contributed by atoms with van der Waals surface area (Å²) in [4.78, 5) is 39.6. The van der Waals surface area contributed by atoms with E-state index in [1.165, 1.54) is 5.56 Å². The van der Waals surface area contributed by atoms with Crippen LogP contribution in [0.5, 0.6) is 5.75 Å². The highest BCUT2D eigenvalue weighted by Crippen LogP contribution is 2.32. The Balaban J connectivity index is 1.35. The fraction of sp³-hybridized carbons (Fsp3) is 0.464. The molecule has 2 aromatic rings. The van der Waals surface area contributed by atoms with Gasteiger partial charge >= 0.3 is 0 Å². The van der Waals surface area contributed by atoms with E-state index in [1.54, 1.807) is 30.1 Å². The number of likely N-dealkylation sites (N-methyl/N-ethyl adjacent to an activating group) is 1. The second-order valence-corrected chi connectivity index (χ2v) is 9.81. The molecule has 0 aliphatic carbocycles. The van der Waals surface area contributed by atoms with Crippen molar-refractivity contribution in [3.05, 3.63) is 59.7 Å². The molecule has 3 amide bonds. The SMILES string of the molecule is CC(C)C(=O)Nc1ccc2c(c1)C(=O)N(C)[C@H]1CC[C@@H](CC(=O)NCCc3ccccc3)O[C@@H]1CO2. The van der Waals surface area contributed by atoms with Crippen molar-refractivity contribution in [1.29, 1.82) is 0 Å². The highest BCUT2D eigenvalue weighted by atomic mass is 16.5. The average Bonchev–Trinajstić information content (AvgIpc) is 2.87. The molecule has 36 heavy (non-hydrogen) atoms. The Labute approximate surface area is 212 Å². The first kappa shape index (κ1) is 25.7. The van der Waals surface area contributed by atoms with Crippen molar-refractivity contribution in [3.8, 4) is 5.75 Å². The van der Waals surface area contributed by atoms with Crippen molar-refractivity contribution in [1.82, 2.24) is 10.2 Å². The van der Waals surface area contributed by atoms with E-state index < -0.39 is 0 Å². The van der Waals surface area contributed by atoms with Crippen molar-refractivity contribution < 1.29 is 23.9 Å². The number of nitrogens with one attached hydrogen (secondary N) is 2. The summed E-state index contributed by atoms with van der Waals surface area (Å²) in [6, 6.07) is 15.0. The van der Waals surface area contributed by atoms with E-state index in [2.05, 4.69) is 10.6 Å². The van der Waals surface area contributed by atoms with Crippen LogP contribution in [0, 0.1) is 5.92 Å². The van der Waals surface area contributed by atoms with Crippen LogP contribution < -0.4 is 15.4 Å². The van der Waals surface area contributed by atoms with Crippen molar-refractivity contribution >= 4 is 23.4 Å². The third-order valence-electron chi connectivity index (χ3n) is 6.80. The Hall–Kier alpha value is -3.39. The number of carbonyl (C=O) groups is 3. The minimum absolute atomic E-state index is 0.0353. The molecule has 0 saturated carbocycles. The van der Waals surface area contributed by atoms with Gasteiger partial charge in [0, 0.05) is 25.2 Å². The summed E-state index contributed by atoms with van der Waals surface area (Å²) in [6.45, 7) is 4.49. The third kappa shape index (κ3) is 6.23. The fourth-order valence-electron chi connectivity index (χ4n) is 4.66. The van der Waals surface area contributed by atoms with E-state index in [4.69, 9.17) is 9.47 Å². The number of benzene rings is 2. The lowest BCUT2D eigenvalue weighted by Crippen LogP contribution is -2.54. The maximum atomic E-state index is 13.3. The minimum atomic E-state index is -0.330. The number of carbonyl (C=O) groups excluding carboxylic acids is 3. The molecular formula is C28H35N3O5. The number of hydrogen-bond donors (Lipinski definition) is 2. The maximum Gasteiger partial charge on any atom is 0.257 e. The summed E-state index contributed by atoms with van der Waals surface area (Å²) >= 11 is 0. The van der Waals surface area contributed by atoms with Gasteiger partial charge in [-0.2, -0.15) is 0 Å². The molecule has 2 aliphatic heterocycles. The zero-order valence-corrected chi connectivity index (χ0v) is 21.2. The first-order chi connectivity index (χ1) is 17.3. The third-order valence-corrected chi connectivity index (χ3v) is 6.80. The van der Waals surface area contributed by atoms with Gasteiger partial charge in [-0.3, -0.25) is 14.4 Å². The van der Waals surface area contributed by atoms with Crippen molar-refractivity contribution in [2.24, 2.45) is 5.92 Å². The predicted octanol–water partition coefficient (Wildman–Crippen LogP) is 3.41. The van der Waals surface area contributed by atoms with Gasteiger partial charge in [0.1, 0.15) is 18.5 Å². The minimum Gasteiger partial charge on any atom is -0.490 e. The van der Waals surface area contributed by atoms with Crippen molar-refractivity contribution in [3.63, 3.8) is 0 Å². The summed E-state index contributed by atoms with van der Waals surface area (Å²) in [5, 5.41) is 5.82. The summed E-state index contributed by atoms with van der Waals surface area (Å²) in [5.41, 5.74) is 2.16. The normalized spacial score (nSPS) is 21.5. The lowest BCUT2D eigenvalue weighted by molar-refractivity contribution is -0.134. The summed E-state index contributed by atoms with van der Waals surface area (Å²) in [7, 11) is 1.77. The molecule has 0 bridgehead atoms. The summed E-state index contributed by atoms with van der Waals surface area (Å²) in [6.07, 6.45) is 1.92. The Morgan fingerprint density at radius 2 is 1.89 bits per heavy atom. The van der Waals surface area contributed by atoms with Crippen LogP contribution in [0.1, 0.15) is 49.0 Å². The van der Waals surface area contributed by atoms with E-state index in [0.29, 0.717) is 30.0 Å². The maximum absolute atomic E-state index is 13.3.